The molecule has 0 radical (unpaired) electrons. The molecule has 0 fully saturated rings. The second kappa shape index (κ2) is 14.8. The number of likely N-dealkylation sites (N-methyl/N-ethyl adjacent to an activating group) is 3. The Hall–Kier alpha value is -4.53. The molecule has 0 aliphatic carbocycles. The molecular formula is C36H43N5O3. The predicted molar refractivity (Wildman–Crippen MR) is 176 cm³/mol. The van der Waals surface area contributed by atoms with Gasteiger partial charge in [0.2, 0.25) is 5.91 Å². The third-order valence-electron chi connectivity index (χ3n) is 8.21. The largest absolute Gasteiger partial charge is 0.332 e. The third-order valence-corrected chi connectivity index (χ3v) is 8.21. The lowest BCUT2D eigenvalue weighted by Crippen LogP contribution is -2.57. The Kier molecular flexibility index (Phi) is 10.9. The van der Waals surface area contributed by atoms with Gasteiger partial charge in [-0.2, -0.15) is 0 Å². The summed E-state index contributed by atoms with van der Waals surface area (Å²) in [6.45, 7) is 0.472. The van der Waals surface area contributed by atoms with Crippen molar-refractivity contribution in [3.63, 3.8) is 0 Å². The zero-order valence-corrected chi connectivity index (χ0v) is 26.3. The number of nitrogens with zero attached hydrogens (tertiary/aromatic N) is 4. The Morgan fingerprint density at radius 3 is 1.91 bits per heavy atom. The Bertz CT molecular complexity index is 1590. The maximum atomic E-state index is 14.5. The Labute approximate surface area is 260 Å². The summed E-state index contributed by atoms with van der Waals surface area (Å²) in [6.07, 6.45) is 1.27. The SMILES string of the molecule is CN(C(=O)c1cccc(CCN)c1)[C@H](Cc1ccc2ccccc2c1)C(=O)N(C)[C@H](Cc1ccccc1)C(=O)N(C)N(C)C. The number of rotatable bonds is 12. The van der Waals surface area contributed by atoms with Crippen LogP contribution in [0, 0.1) is 0 Å². The minimum atomic E-state index is -0.859. The highest BCUT2D eigenvalue weighted by Gasteiger charge is 2.36. The van der Waals surface area contributed by atoms with E-state index in [9.17, 15) is 14.4 Å². The van der Waals surface area contributed by atoms with Crippen molar-refractivity contribution < 1.29 is 14.4 Å². The minimum absolute atomic E-state index is 0.220. The molecule has 0 aromatic heterocycles. The first-order valence-corrected chi connectivity index (χ1v) is 14.9. The van der Waals surface area contributed by atoms with E-state index in [0.717, 1.165) is 27.5 Å². The van der Waals surface area contributed by atoms with Gasteiger partial charge in [-0.15, -0.1) is 0 Å². The standard InChI is InChI=1S/C36H43N5O3/c1-38(2)41(5)36(44)33(24-26-12-7-6-8-13-26)40(4)35(43)32(25-28-18-19-29-15-9-10-16-30(29)23-28)39(3)34(42)31-17-11-14-27(22-31)20-21-37/h6-19,22-23,32-33H,20-21,24-25,37H2,1-5H3/t32-,33-/m1/s1. The van der Waals surface area contributed by atoms with Gasteiger partial charge in [0, 0.05) is 53.6 Å². The molecule has 4 rings (SSSR count). The van der Waals surface area contributed by atoms with E-state index < -0.39 is 12.1 Å². The van der Waals surface area contributed by atoms with Crippen LogP contribution in [-0.2, 0) is 28.9 Å². The van der Waals surface area contributed by atoms with E-state index in [0.29, 0.717) is 24.9 Å². The lowest BCUT2D eigenvalue weighted by Gasteiger charge is -2.37. The molecule has 4 aromatic carbocycles. The monoisotopic (exact) mass is 593 g/mol. The average Bonchev–Trinajstić information content (AvgIpc) is 3.04. The smallest absolute Gasteiger partial charge is 0.259 e. The summed E-state index contributed by atoms with van der Waals surface area (Å²) in [6, 6.07) is 29.5. The number of hydrazine groups is 1. The van der Waals surface area contributed by atoms with Crippen molar-refractivity contribution in [2.45, 2.75) is 31.3 Å². The maximum absolute atomic E-state index is 14.5. The third kappa shape index (κ3) is 7.70. The molecule has 0 spiro atoms. The highest BCUT2D eigenvalue weighted by atomic mass is 16.2. The van der Waals surface area contributed by atoms with E-state index in [1.807, 2.05) is 84.9 Å². The summed E-state index contributed by atoms with van der Waals surface area (Å²) in [5, 5.41) is 5.35. The van der Waals surface area contributed by atoms with E-state index in [2.05, 4.69) is 6.07 Å². The van der Waals surface area contributed by atoms with Crippen LogP contribution in [0.3, 0.4) is 0 Å². The molecule has 230 valence electrons. The molecule has 2 atom stereocenters. The van der Waals surface area contributed by atoms with Crippen molar-refractivity contribution in [3.05, 3.63) is 119 Å². The predicted octanol–water partition coefficient (Wildman–Crippen LogP) is 4.03. The number of carbonyl (C=O) groups excluding carboxylic acids is 3. The van der Waals surface area contributed by atoms with E-state index in [1.54, 1.807) is 46.3 Å². The average molecular weight is 594 g/mol. The van der Waals surface area contributed by atoms with Crippen LogP contribution in [-0.4, -0.2) is 91.4 Å². The number of nitrogens with two attached hydrogens (primary N) is 1. The Balaban J connectivity index is 1.72. The molecule has 0 heterocycles. The first kappa shape index (κ1) is 32.4. The Morgan fingerprint density at radius 1 is 0.614 bits per heavy atom. The topological polar surface area (TPSA) is 90.2 Å². The van der Waals surface area contributed by atoms with Crippen LogP contribution in [0.4, 0.5) is 0 Å². The van der Waals surface area contributed by atoms with Gasteiger partial charge in [-0.05, 0) is 52.6 Å². The molecule has 0 bridgehead atoms. The fourth-order valence-electron chi connectivity index (χ4n) is 5.38. The second-order valence-electron chi connectivity index (χ2n) is 11.4. The van der Waals surface area contributed by atoms with Crippen molar-refractivity contribution >= 4 is 28.5 Å². The van der Waals surface area contributed by atoms with Gasteiger partial charge in [-0.3, -0.25) is 19.4 Å². The van der Waals surface area contributed by atoms with Gasteiger partial charge < -0.3 is 15.5 Å². The van der Waals surface area contributed by atoms with E-state index in [4.69, 9.17) is 5.73 Å². The number of hydrogen-bond donors (Lipinski definition) is 1. The minimum Gasteiger partial charge on any atom is -0.332 e. The molecule has 0 aliphatic heterocycles. The molecule has 8 nitrogen and oxygen atoms in total. The van der Waals surface area contributed by atoms with Crippen molar-refractivity contribution in [3.8, 4) is 0 Å². The first-order chi connectivity index (χ1) is 21.1. The summed E-state index contributed by atoms with van der Waals surface area (Å²) in [5.41, 5.74) is 9.06. The zero-order valence-electron chi connectivity index (χ0n) is 26.3. The molecule has 0 saturated heterocycles. The van der Waals surface area contributed by atoms with Gasteiger partial charge in [-0.25, -0.2) is 5.01 Å². The van der Waals surface area contributed by atoms with Crippen molar-refractivity contribution in [1.29, 1.82) is 0 Å². The fourth-order valence-corrected chi connectivity index (χ4v) is 5.38. The number of benzene rings is 4. The normalized spacial score (nSPS) is 12.5. The molecule has 44 heavy (non-hydrogen) atoms. The van der Waals surface area contributed by atoms with E-state index >= 15 is 0 Å². The summed E-state index contributed by atoms with van der Waals surface area (Å²) in [4.78, 5) is 45.2. The first-order valence-electron chi connectivity index (χ1n) is 14.9. The molecular weight excluding hydrogens is 550 g/mol. The molecule has 4 aromatic rings. The number of fused-ring (bicyclic) bond motifs is 1. The molecule has 8 heteroatoms. The van der Waals surface area contributed by atoms with Gasteiger partial charge in [0.05, 0.1) is 0 Å². The van der Waals surface area contributed by atoms with Gasteiger partial charge in [-0.1, -0.05) is 84.9 Å². The number of amides is 3. The second-order valence-corrected chi connectivity index (χ2v) is 11.4. The molecule has 2 N–H and O–H groups in total. The molecule has 0 aliphatic rings. The van der Waals surface area contributed by atoms with Crippen molar-refractivity contribution in [2.75, 3.05) is 41.8 Å². The van der Waals surface area contributed by atoms with Crippen LogP contribution in [0.1, 0.15) is 27.0 Å². The van der Waals surface area contributed by atoms with Crippen molar-refractivity contribution in [1.82, 2.24) is 19.8 Å². The Morgan fingerprint density at radius 2 is 1.23 bits per heavy atom. The van der Waals surface area contributed by atoms with Crippen molar-refractivity contribution in [2.24, 2.45) is 5.73 Å². The zero-order chi connectivity index (χ0) is 31.8. The molecule has 3 amide bonds. The van der Waals surface area contributed by atoms with Crippen LogP contribution < -0.4 is 5.73 Å². The van der Waals surface area contributed by atoms with E-state index in [1.165, 1.54) is 14.8 Å². The summed E-state index contributed by atoms with van der Waals surface area (Å²) >= 11 is 0. The van der Waals surface area contributed by atoms with Gasteiger partial charge in [0.1, 0.15) is 12.1 Å². The number of carbonyl (C=O) groups is 3. The quantitative estimate of drug-likeness (QED) is 0.251. The van der Waals surface area contributed by atoms with Crippen LogP contribution >= 0.6 is 0 Å². The molecule has 0 unspecified atom stereocenters. The highest BCUT2D eigenvalue weighted by molar-refractivity contribution is 5.98. The van der Waals surface area contributed by atoms with Crippen LogP contribution in [0.2, 0.25) is 0 Å². The molecule has 0 saturated carbocycles. The van der Waals surface area contributed by atoms with Gasteiger partial charge >= 0.3 is 0 Å². The van der Waals surface area contributed by atoms with Crippen LogP contribution in [0.25, 0.3) is 10.8 Å². The van der Waals surface area contributed by atoms with Crippen LogP contribution in [0.15, 0.2) is 97.1 Å². The van der Waals surface area contributed by atoms with Gasteiger partial charge in [0.15, 0.2) is 0 Å². The lowest BCUT2D eigenvalue weighted by molar-refractivity contribution is -0.153. The van der Waals surface area contributed by atoms with E-state index in [-0.39, 0.29) is 24.1 Å². The van der Waals surface area contributed by atoms with Crippen LogP contribution in [0.5, 0.6) is 0 Å². The summed E-state index contributed by atoms with van der Waals surface area (Å²) < 4.78 is 0. The summed E-state index contributed by atoms with van der Waals surface area (Å²) in [7, 11) is 8.58. The van der Waals surface area contributed by atoms with Gasteiger partial charge in [0.25, 0.3) is 11.8 Å². The highest BCUT2D eigenvalue weighted by Crippen LogP contribution is 2.21. The fraction of sp³-hybridized carbons (Fsp3) is 0.306. The number of hydrogen-bond acceptors (Lipinski definition) is 5. The lowest BCUT2D eigenvalue weighted by atomic mass is 9.98. The summed E-state index contributed by atoms with van der Waals surface area (Å²) in [5.74, 6) is -0.802. The maximum Gasteiger partial charge on any atom is 0.259 e.